The molecule has 0 aliphatic carbocycles. The second-order valence-corrected chi connectivity index (χ2v) is 6.52. The fourth-order valence-electron chi connectivity index (χ4n) is 1.45. The van der Waals surface area contributed by atoms with Gasteiger partial charge in [-0.3, -0.25) is 4.79 Å². The number of amides is 1. The van der Waals surface area contributed by atoms with Gasteiger partial charge in [-0.25, -0.2) is 4.98 Å². The molecule has 1 N–H and O–H groups in total. The molecule has 0 aliphatic heterocycles. The van der Waals surface area contributed by atoms with Crippen LogP contribution in [0.25, 0.3) is 11.3 Å². The summed E-state index contributed by atoms with van der Waals surface area (Å²) in [6.07, 6.45) is 0. The molecule has 0 spiro atoms. The van der Waals surface area contributed by atoms with E-state index in [4.69, 9.17) is 23.2 Å². The molecular weight excluding hydrogens is 315 g/mol. The predicted octanol–water partition coefficient (Wildman–Crippen LogP) is 4.67. The Bertz CT molecular complexity index is 625. The number of aromatic nitrogens is 1. The summed E-state index contributed by atoms with van der Waals surface area (Å²) in [5, 5.41) is 5.83. The van der Waals surface area contributed by atoms with Gasteiger partial charge in [0.25, 0.3) is 0 Å². The monoisotopic (exact) mass is 328 g/mol. The van der Waals surface area contributed by atoms with Crippen molar-refractivity contribution in [2.75, 3.05) is 11.2 Å². The number of rotatable bonds is 4. The third kappa shape index (κ3) is 3.32. The fourth-order valence-corrected chi connectivity index (χ4v) is 2.51. The Morgan fingerprint density at radius 2 is 2.10 bits per heavy atom. The van der Waals surface area contributed by atoms with Crippen molar-refractivity contribution in [3.63, 3.8) is 0 Å². The quantitative estimate of drug-likeness (QED) is 0.829. The summed E-state index contributed by atoms with van der Waals surface area (Å²) in [6, 6.07) is 7.47. The Kier molecular flexibility index (Phi) is 4.68. The van der Waals surface area contributed by atoms with Gasteiger partial charge >= 0.3 is 0 Å². The van der Waals surface area contributed by atoms with Gasteiger partial charge in [-0.1, -0.05) is 29.8 Å². The number of carbonyl (C=O) groups is 1. The van der Waals surface area contributed by atoms with E-state index < -0.39 is 5.41 Å². The molecule has 0 saturated carbocycles. The number of hydrogen-bond acceptors (Lipinski definition) is 3. The molecule has 2 rings (SSSR count). The molecule has 106 valence electrons. The molecule has 0 radical (unpaired) electrons. The van der Waals surface area contributed by atoms with Crippen LogP contribution < -0.4 is 5.32 Å². The highest BCUT2D eigenvalue weighted by atomic mass is 35.5. The van der Waals surface area contributed by atoms with E-state index in [1.165, 1.54) is 11.3 Å². The zero-order chi connectivity index (χ0) is 14.8. The molecule has 0 bridgehead atoms. The summed E-state index contributed by atoms with van der Waals surface area (Å²) in [4.78, 5) is 16.4. The van der Waals surface area contributed by atoms with Gasteiger partial charge in [0, 0.05) is 21.8 Å². The first-order valence-electron chi connectivity index (χ1n) is 6.02. The first kappa shape index (κ1) is 15.3. The lowest BCUT2D eigenvalue weighted by atomic mass is 9.95. The molecule has 2 aromatic rings. The molecule has 1 amide bonds. The normalized spacial score (nSPS) is 11.4. The second-order valence-electron chi connectivity index (χ2n) is 4.99. The Balaban J connectivity index is 2.18. The van der Waals surface area contributed by atoms with Gasteiger partial charge in [-0.05, 0) is 19.9 Å². The summed E-state index contributed by atoms with van der Waals surface area (Å²) in [5.74, 6) is 0.106. The standard InChI is InChI=1S/C14H14Cl2N2OS/c1-14(2,8-15)12(19)18-13-17-11(7-20-13)9-5-3-4-6-10(9)16/h3-7H,8H2,1-2H3,(H,17,18,19). The predicted molar refractivity (Wildman–Crippen MR) is 85.7 cm³/mol. The van der Waals surface area contributed by atoms with Crippen LogP contribution in [0.15, 0.2) is 29.6 Å². The highest BCUT2D eigenvalue weighted by Gasteiger charge is 2.27. The number of anilines is 1. The summed E-state index contributed by atoms with van der Waals surface area (Å²) >= 11 is 13.3. The van der Waals surface area contributed by atoms with Gasteiger partial charge in [-0.15, -0.1) is 22.9 Å². The minimum Gasteiger partial charge on any atom is -0.301 e. The number of nitrogens with zero attached hydrogens (tertiary/aromatic N) is 1. The largest absolute Gasteiger partial charge is 0.301 e. The average molecular weight is 329 g/mol. The van der Waals surface area contributed by atoms with Crippen LogP contribution >= 0.6 is 34.5 Å². The van der Waals surface area contributed by atoms with Crippen LogP contribution in [0.2, 0.25) is 5.02 Å². The molecule has 0 aliphatic rings. The third-order valence-corrected chi connectivity index (χ3v) is 4.58. The lowest BCUT2D eigenvalue weighted by Crippen LogP contribution is -2.32. The molecule has 1 aromatic carbocycles. The van der Waals surface area contributed by atoms with Crippen molar-refractivity contribution >= 4 is 45.6 Å². The van der Waals surface area contributed by atoms with E-state index in [2.05, 4.69) is 10.3 Å². The maximum absolute atomic E-state index is 12.0. The van der Waals surface area contributed by atoms with E-state index in [0.29, 0.717) is 10.2 Å². The van der Waals surface area contributed by atoms with Crippen molar-refractivity contribution in [3.8, 4) is 11.3 Å². The van der Waals surface area contributed by atoms with E-state index in [1.807, 2.05) is 29.6 Å². The molecule has 6 heteroatoms. The summed E-state index contributed by atoms with van der Waals surface area (Å²) in [7, 11) is 0. The maximum atomic E-state index is 12.0. The van der Waals surface area contributed by atoms with E-state index in [1.54, 1.807) is 13.8 Å². The Labute approximate surface area is 131 Å². The summed E-state index contributed by atoms with van der Waals surface area (Å²) < 4.78 is 0. The molecule has 0 saturated heterocycles. The number of thiazole rings is 1. The number of benzene rings is 1. The third-order valence-electron chi connectivity index (χ3n) is 2.82. The van der Waals surface area contributed by atoms with Gasteiger partial charge in [-0.2, -0.15) is 0 Å². The van der Waals surface area contributed by atoms with E-state index in [9.17, 15) is 4.79 Å². The lowest BCUT2D eigenvalue weighted by molar-refractivity contribution is -0.122. The van der Waals surface area contributed by atoms with Crippen molar-refractivity contribution in [1.29, 1.82) is 0 Å². The van der Waals surface area contributed by atoms with Crippen LogP contribution in [0.3, 0.4) is 0 Å². The SMILES string of the molecule is CC(C)(CCl)C(=O)Nc1nc(-c2ccccc2Cl)cs1. The van der Waals surface area contributed by atoms with E-state index in [0.717, 1.165) is 11.3 Å². The van der Waals surface area contributed by atoms with Crippen molar-refractivity contribution < 1.29 is 4.79 Å². The van der Waals surface area contributed by atoms with Crippen molar-refractivity contribution in [2.45, 2.75) is 13.8 Å². The number of halogens is 2. The van der Waals surface area contributed by atoms with Crippen LogP contribution in [0, 0.1) is 5.41 Å². The van der Waals surface area contributed by atoms with Gasteiger partial charge in [0.15, 0.2) is 5.13 Å². The maximum Gasteiger partial charge on any atom is 0.233 e. The zero-order valence-electron chi connectivity index (χ0n) is 11.1. The minimum absolute atomic E-state index is 0.146. The second kappa shape index (κ2) is 6.12. The number of alkyl halides is 1. The Morgan fingerprint density at radius 3 is 2.75 bits per heavy atom. The first-order chi connectivity index (χ1) is 9.44. The van der Waals surface area contributed by atoms with Crippen molar-refractivity contribution in [3.05, 3.63) is 34.7 Å². The molecule has 20 heavy (non-hydrogen) atoms. The Hall–Kier alpha value is -1.10. The fraction of sp³-hybridized carbons (Fsp3) is 0.286. The number of hydrogen-bond donors (Lipinski definition) is 1. The molecular formula is C14H14Cl2N2OS. The van der Waals surface area contributed by atoms with Crippen LogP contribution in [0.5, 0.6) is 0 Å². The molecule has 1 heterocycles. The topological polar surface area (TPSA) is 42.0 Å². The molecule has 0 fully saturated rings. The number of nitrogens with one attached hydrogen (secondary N) is 1. The highest BCUT2D eigenvalue weighted by molar-refractivity contribution is 7.14. The first-order valence-corrected chi connectivity index (χ1v) is 7.81. The van der Waals surface area contributed by atoms with Crippen molar-refractivity contribution in [1.82, 2.24) is 4.98 Å². The van der Waals surface area contributed by atoms with Crippen LogP contribution in [-0.2, 0) is 4.79 Å². The summed E-state index contributed by atoms with van der Waals surface area (Å²) in [6.45, 7) is 3.58. The van der Waals surface area contributed by atoms with Gasteiger partial charge in [0.1, 0.15) is 0 Å². The van der Waals surface area contributed by atoms with Crippen molar-refractivity contribution in [2.24, 2.45) is 5.41 Å². The lowest BCUT2D eigenvalue weighted by Gasteiger charge is -2.18. The van der Waals surface area contributed by atoms with Crippen LogP contribution in [-0.4, -0.2) is 16.8 Å². The van der Waals surface area contributed by atoms with E-state index in [-0.39, 0.29) is 11.8 Å². The summed E-state index contributed by atoms with van der Waals surface area (Å²) in [5.41, 5.74) is 0.972. The van der Waals surface area contributed by atoms with Gasteiger partial charge in [0.2, 0.25) is 5.91 Å². The molecule has 1 aromatic heterocycles. The minimum atomic E-state index is -0.627. The molecule has 3 nitrogen and oxygen atoms in total. The van der Waals surface area contributed by atoms with Crippen LogP contribution in [0.4, 0.5) is 5.13 Å². The number of carbonyl (C=O) groups excluding carboxylic acids is 1. The smallest absolute Gasteiger partial charge is 0.233 e. The zero-order valence-corrected chi connectivity index (χ0v) is 13.4. The van der Waals surface area contributed by atoms with Gasteiger partial charge < -0.3 is 5.32 Å². The highest BCUT2D eigenvalue weighted by Crippen LogP contribution is 2.31. The molecule has 0 unspecified atom stereocenters. The molecule has 0 atom stereocenters. The Morgan fingerprint density at radius 1 is 1.40 bits per heavy atom. The average Bonchev–Trinajstić information content (AvgIpc) is 2.87. The van der Waals surface area contributed by atoms with E-state index >= 15 is 0 Å². The van der Waals surface area contributed by atoms with Gasteiger partial charge in [0.05, 0.1) is 11.1 Å². The van der Waals surface area contributed by atoms with Crippen LogP contribution in [0.1, 0.15) is 13.8 Å².